The summed E-state index contributed by atoms with van der Waals surface area (Å²) >= 11 is 0. The molecule has 1 saturated heterocycles. The molecule has 188 valence electrons. The molecular formula is C28H28FN7O. The van der Waals surface area contributed by atoms with Gasteiger partial charge in [0.05, 0.1) is 18.4 Å². The summed E-state index contributed by atoms with van der Waals surface area (Å²) in [6.45, 7) is 7.88. The van der Waals surface area contributed by atoms with Crippen LogP contribution in [-0.4, -0.2) is 53.5 Å². The van der Waals surface area contributed by atoms with Crippen molar-refractivity contribution in [2.24, 2.45) is 4.99 Å². The molecule has 1 aliphatic carbocycles. The minimum absolute atomic E-state index is 0.0894. The minimum atomic E-state index is -0.387. The van der Waals surface area contributed by atoms with Gasteiger partial charge in [-0.15, -0.1) is 0 Å². The zero-order valence-electron chi connectivity index (χ0n) is 20.9. The van der Waals surface area contributed by atoms with Gasteiger partial charge >= 0.3 is 6.01 Å². The topological polar surface area (TPSA) is 78.8 Å². The van der Waals surface area contributed by atoms with E-state index < -0.39 is 0 Å². The molecule has 3 aromatic rings. The van der Waals surface area contributed by atoms with Crippen LogP contribution in [0.4, 0.5) is 21.7 Å². The molecule has 37 heavy (non-hydrogen) atoms. The maximum absolute atomic E-state index is 15.3. The number of fused-ring (bicyclic) bond motifs is 1. The normalized spacial score (nSPS) is 16.8. The highest BCUT2D eigenvalue weighted by Gasteiger charge is 2.23. The van der Waals surface area contributed by atoms with Gasteiger partial charge < -0.3 is 19.9 Å². The van der Waals surface area contributed by atoms with Gasteiger partial charge in [-0.2, -0.15) is 9.97 Å². The highest BCUT2D eigenvalue weighted by atomic mass is 19.1. The number of piperazine rings is 1. The Morgan fingerprint density at radius 3 is 2.57 bits per heavy atom. The van der Waals surface area contributed by atoms with E-state index in [2.05, 4.69) is 41.1 Å². The Bertz CT molecular complexity index is 1430. The van der Waals surface area contributed by atoms with Crippen molar-refractivity contribution in [1.82, 2.24) is 15.0 Å². The number of ether oxygens (including phenoxy) is 1. The number of anilines is 3. The summed E-state index contributed by atoms with van der Waals surface area (Å²) in [4.78, 5) is 22.4. The van der Waals surface area contributed by atoms with Crippen molar-refractivity contribution in [3.05, 3.63) is 76.9 Å². The Balaban J connectivity index is 1.27. The molecule has 9 heteroatoms. The molecule has 0 amide bonds. The SMILES string of the molecule is CC1=CC(Nc2cc(N3CCN(c4cccnc4)CC3)nc(Oc3ccc4c(c3F)C=C(C)C4)n2)=NC1. The van der Waals surface area contributed by atoms with Crippen molar-refractivity contribution in [2.45, 2.75) is 20.3 Å². The first-order valence-electron chi connectivity index (χ1n) is 12.5. The summed E-state index contributed by atoms with van der Waals surface area (Å²) in [7, 11) is 0. The molecule has 0 radical (unpaired) electrons. The lowest BCUT2D eigenvalue weighted by atomic mass is 10.1. The number of aliphatic imine (C=N–C) groups is 1. The first-order chi connectivity index (χ1) is 18.0. The average Bonchev–Trinajstić information content (AvgIpc) is 3.51. The standard InChI is InChI=1S/C28H28FN7O/c1-18-12-20-5-6-23(27(29)22(20)13-18)37-28-33-25(32-24-14-19(2)16-31-24)15-26(34-28)36-10-8-35(9-11-36)21-4-3-7-30-17-21/h3-7,13-15,17H,8-12,16H2,1-2H3,(H,31,32,33,34). The van der Waals surface area contributed by atoms with Gasteiger partial charge in [0, 0.05) is 44.0 Å². The molecule has 6 rings (SSSR count). The van der Waals surface area contributed by atoms with E-state index in [-0.39, 0.29) is 17.6 Å². The van der Waals surface area contributed by atoms with Gasteiger partial charge in [-0.05, 0) is 55.7 Å². The average molecular weight is 498 g/mol. The van der Waals surface area contributed by atoms with Crippen LogP contribution in [0.25, 0.3) is 6.08 Å². The first-order valence-corrected chi connectivity index (χ1v) is 12.5. The monoisotopic (exact) mass is 497 g/mol. The van der Waals surface area contributed by atoms with Crippen LogP contribution >= 0.6 is 0 Å². The predicted molar refractivity (Wildman–Crippen MR) is 144 cm³/mol. The summed E-state index contributed by atoms with van der Waals surface area (Å²) in [5.74, 6) is 1.73. The van der Waals surface area contributed by atoms with Gasteiger partial charge in [-0.3, -0.25) is 9.98 Å². The molecule has 0 unspecified atom stereocenters. The van der Waals surface area contributed by atoms with E-state index in [1.54, 1.807) is 12.3 Å². The zero-order valence-corrected chi connectivity index (χ0v) is 20.9. The van der Waals surface area contributed by atoms with Crippen LogP contribution in [0.5, 0.6) is 11.8 Å². The summed E-state index contributed by atoms with van der Waals surface area (Å²) in [5.41, 5.74) is 4.95. The summed E-state index contributed by atoms with van der Waals surface area (Å²) in [6.07, 6.45) is 8.28. The molecule has 1 aromatic carbocycles. The molecule has 2 aliphatic heterocycles. The Morgan fingerprint density at radius 2 is 1.81 bits per heavy atom. The molecule has 8 nitrogen and oxygen atoms in total. The molecule has 3 aliphatic rings. The van der Waals surface area contributed by atoms with Crippen molar-refractivity contribution < 1.29 is 9.13 Å². The molecular weight excluding hydrogens is 469 g/mol. The first kappa shape index (κ1) is 23.1. The smallest absolute Gasteiger partial charge is 0.326 e. The molecule has 0 spiro atoms. The van der Waals surface area contributed by atoms with Crippen LogP contribution < -0.4 is 19.9 Å². The van der Waals surface area contributed by atoms with Crippen molar-refractivity contribution in [2.75, 3.05) is 47.8 Å². The number of aromatic nitrogens is 3. The van der Waals surface area contributed by atoms with Gasteiger partial charge in [0.15, 0.2) is 11.6 Å². The van der Waals surface area contributed by atoms with Crippen molar-refractivity contribution in [3.63, 3.8) is 0 Å². The summed E-state index contributed by atoms with van der Waals surface area (Å²) in [6, 6.07) is 9.56. The quantitative estimate of drug-likeness (QED) is 0.539. The third-order valence-corrected chi connectivity index (χ3v) is 6.74. The number of hydrogen-bond donors (Lipinski definition) is 1. The van der Waals surface area contributed by atoms with E-state index in [0.717, 1.165) is 61.1 Å². The Hall–Kier alpha value is -4.27. The van der Waals surface area contributed by atoms with Gasteiger partial charge in [0.25, 0.3) is 0 Å². The number of nitrogens with one attached hydrogen (secondary N) is 1. The Morgan fingerprint density at radius 1 is 0.973 bits per heavy atom. The van der Waals surface area contributed by atoms with Gasteiger partial charge in [0.2, 0.25) is 0 Å². The lowest BCUT2D eigenvalue weighted by Crippen LogP contribution is -2.46. The fourth-order valence-corrected chi connectivity index (χ4v) is 4.86. The molecule has 2 aromatic heterocycles. The lowest BCUT2D eigenvalue weighted by molar-refractivity contribution is 0.410. The van der Waals surface area contributed by atoms with Crippen LogP contribution in [0.3, 0.4) is 0 Å². The molecule has 0 saturated carbocycles. The van der Waals surface area contributed by atoms with Crippen LogP contribution in [-0.2, 0) is 6.42 Å². The number of halogens is 1. The predicted octanol–water partition coefficient (Wildman–Crippen LogP) is 4.86. The van der Waals surface area contributed by atoms with E-state index in [9.17, 15) is 0 Å². The fourth-order valence-electron chi connectivity index (χ4n) is 4.86. The van der Waals surface area contributed by atoms with Crippen molar-refractivity contribution in [1.29, 1.82) is 0 Å². The van der Waals surface area contributed by atoms with Crippen molar-refractivity contribution in [3.8, 4) is 11.8 Å². The maximum atomic E-state index is 15.3. The molecule has 1 N–H and O–H groups in total. The Labute approximate surface area is 215 Å². The van der Waals surface area contributed by atoms with Gasteiger partial charge in [-0.25, -0.2) is 4.39 Å². The van der Waals surface area contributed by atoms with Gasteiger partial charge in [-0.1, -0.05) is 17.7 Å². The zero-order chi connectivity index (χ0) is 25.4. The fraction of sp³-hybridized carbons (Fsp3) is 0.286. The van der Waals surface area contributed by atoms with E-state index in [0.29, 0.717) is 17.9 Å². The highest BCUT2D eigenvalue weighted by Crippen LogP contribution is 2.34. The minimum Gasteiger partial charge on any atom is -0.421 e. The lowest BCUT2D eigenvalue weighted by Gasteiger charge is -2.36. The van der Waals surface area contributed by atoms with Crippen LogP contribution in [0, 0.1) is 5.82 Å². The number of allylic oxidation sites excluding steroid dienone is 1. The number of rotatable bonds is 5. The second kappa shape index (κ2) is 9.65. The number of hydrogen-bond acceptors (Lipinski definition) is 8. The van der Waals surface area contributed by atoms with E-state index in [4.69, 9.17) is 4.74 Å². The molecule has 4 heterocycles. The Kier molecular flexibility index (Phi) is 6.04. The number of nitrogens with zero attached hydrogens (tertiary/aromatic N) is 6. The second-order valence-corrected chi connectivity index (χ2v) is 9.62. The van der Waals surface area contributed by atoms with E-state index >= 15 is 4.39 Å². The van der Waals surface area contributed by atoms with E-state index in [1.165, 1.54) is 5.57 Å². The van der Waals surface area contributed by atoms with E-state index in [1.807, 2.05) is 50.4 Å². The largest absolute Gasteiger partial charge is 0.421 e. The number of pyridine rings is 1. The van der Waals surface area contributed by atoms with Gasteiger partial charge in [0.1, 0.15) is 17.5 Å². The summed E-state index contributed by atoms with van der Waals surface area (Å²) < 4.78 is 21.2. The van der Waals surface area contributed by atoms with Crippen molar-refractivity contribution >= 4 is 29.2 Å². The molecule has 1 fully saturated rings. The van der Waals surface area contributed by atoms with Crippen LogP contribution in [0.1, 0.15) is 25.0 Å². The number of benzene rings is 1. The van der Waals surface area contributed by atoms with Crippen LogP contribution in [0.2, 0.25) is 0 Å². The number of amidine groups is 1. The van der Waals surface area contributed by atoms with Crippen LogP contribution in [0.15, 0.2) is 64.9 Å². The third-order valence-electron chi connectivity index (χ3n) is 6.74. The maximum Gasteiger partial charge on any atom is 0.326 e. The molecule has 0 atom stereocenters. The summed E-state index contributed by atoms with van der Waals surface area (Å²) in [5, 5.41) is 3.27. The molecule has 0 bridgehead atoms. The third kappa shape index (κ3) is 4.89. The second-order valence-electron chi connectivity index (χ2n) is 9.62. The highest BCUT2D eigenvalue weighted by molar-refractivity contribution is 6.05.